The maximum Gasteiger partial charge on any atom is -0.0279 e. The van der Waals surface area contributed by atoms with E-state index in [4.69, 9.17) is 0 Å². The van der Waals surface area contributed by atoms with E-state index in [1.54, 1.807) is 5.57 Å². The second-order valence-corrected chi connectivity index (χ2v) is 3.92. The van der Waals surface area contributed by atoms with Crippen molar-refractivity contribution < 1.29 is 0 Å². The molecule has 0 amide bonds. The zero-order chi connectivity index (χ0) is 9.36. The molecular formula is C13H22. The molecule has 0 fully saturated rings. The van der Waals surface area contributed by atoms with Crippen molar-refractivity contribution in [2.24, 2.45) is 0 Å². The maximum atomic E-state index is 2.38. The molecule has 0 heteroatoms. The fourth-order valence-corrected chi connectivity index (χ4v) is 1.77. The Labute approximate surface area is 82.7 Å². The summed E-state index contributed by atoms with van der Waals surface area (Å²) < 4.78 is 0. The van der Waals surface area contributed by atoms with Gasteiger partial charge in [0, 0.05) is 0 Å². The van der Waals surface area contributed by atoms with Crippen molar-refractivity contribution in [1.29, 1.82) is 0 Å². The van der Waals surface area contributed by atoms with Crippen molar-refractivity contribution in [3.63, 3.8) is 0 Å². The number of unbranched alkanes of at least 4 members (excludes halogenated alkanes) is 4. The molecule has 0 saturated heterocycles. The molecule has 0 nitrogen and oxygen atoms in total. The van der Waals surface area contributed by atoms with Gasteiger partial charge in [0.2, 0.25) is 0 Å². The molecule has 0 heterocycles. The molecule has 0 saturated carbocycles. The predicted octanol–water partition coefficient (Wildman–Crippen LogP) is 4.62. The molecule has 74 valence electrons. The Hall–Kier alpha value is -0.520. The van der Waals surface area contributed by atoms with E-state index in [1.165, 1.54) is 51.4 Å². The SMILES string of the molecule is CCCCCC/C=C/C1=CCCC1. The van der Waals surface area contributed by atoms with Gasteiger partial charge in [-0.1, -0.05) is 50.0 Å². The zero-order valence-electron chi connectivity index (χ0n) is 8.89. The molecule has 0 aromatic carbocycles. The first-order chi connectivity index (χ1) is 6.43. The fraction of sp³-hybridized carbons (Fsp3) is 0.692. The van der Waals surface area contributed by atoms with Gasteiger partial charge in [0.15, 0.2) is 0 Å². The van der Waals surface area contributed by atoms with Crippen LogP contribution in [-0.2, 0) is 0 Å². The minimum atomic E-state index is 1.28. The van der Waals surface area contributed by atoms with Gasteiger partial charge in [-0.3, -0.25) is 0 Å². The fourth-order valence-electron chi connectivity index (χ4n) is 1.77. The molecule has 0 N–H and O–H groups in total. The largest absolute Gasteiger partial charge is 0.0843 e. The zero-order valence-corrected chi connectivity index (χ0v) is 8.89. The molecule has 1 aliphatic rings. The van der Waals surface area contributed by atoms with Crippen molar-refractivity contribution in [1.82, 2.24) is 0 Å². The molecule has 0 bridgehead atoms. The first-order valence-electron chi connectivity index (χ1n) is 5.79. The van der Waals surface area contributed by atoms with Crippen LogP contribution in [0.25, 0.3) is 0 Å². The molecule has 0 unspecified atom stereocenters. The lowest BCUT2D eigenvalue weighted by Crippen LogP contribution is -1.74. The van der Waals surface area contributed by atoms with E-state index in [0.717, 1.165) is 0 Å². The highest BCUT2D eigenvalue weighted by molar-refractivity contribution is 5.21. The van der Waals surface area contributed by atoms with Crippen LogP contribution >= 0.6 is 0 Å². The third-order valence-corrected chi connectivity index (χ3v) is 2.63. The highest BCUT2D eigenvalue weighted by atomic mass is 14.0. The summed E-state index contributed by atoms with van der Waals surface area (Å²) in [4.78, 5) is 0. The maximum absolute atomic E-state index is 2.38. The summed E-state index contributed by atoms with van der Waals surface area (Å²) in [5, 5.41) is 0. The number of hydrogen-bond acceptors (Lipinski definition) is 0. The highest BCUT2D eigenvalue weighted by Crippen LogP contribution is 2.18. The molecule has 1 rings (SSSR count). The molecule has 13 heavy (non-hydrogen) atoms. The Morgan fingerprint density at radius 3 is 2.92 bits per heavy atom. The van der Waals surface area contributed by atoms with Crippen LogP contribution in [0.1, 0.15) is 58.3 Å². The van der Waals surface area contributed by atoms with E-state index in [-0.39, 0.29) is 0 Å². The molecule has 0 aromatic heterocycles. The summed E-state index contributed by atoms with van der Waals surface area (Å²) in [6.07, 6.45) is 17.8. The summed E-state index contributed by atoms with van der Waals surface area (Å²) in [6.45, 7) is 2.26. The Morgan fingerprint density at radius 2 is 2.23 bits per heavy atom. The number of allylic oxidation sites excluding steroid dienone is 4. The number of rotatable bonds is 6. The van der Waals surface area contributed by atoms with E-state index in [2.05, 4.69) is 25.2 Å². The van der Waals surface area contributed by atoms with Crippen LogP contribution in [-0.4, -0.2) is 0 Å². The summed E-state index contributed by atoms with van der Waals surface area (Å²) in [5.41, 5.74) is 1.57. The van der Waals surface area contributed by atoms with Crippen LogP contribution in [0.4, 0.5) is 0 Å². The minimum absolute atomic E-state index is 1.28. The highest BCUT2D eigenvalue weighted by Gasteiger charge is 1.98. The summed E-state index contributed by atoms with van der Waals surface area (Å²) in [5.74, 6) is 0. The van der Waals surface area contributed by atoms with E-state index in [0.29, 0.717) is 0 Å². The van der Waals surface area contributed by atoms with Gasteiger partial charge in [-0.25, -0.2) is 0 Å². The third-order valence-electron chi connectivity index (χ3n) is 2.63. The molecule has 0 spiro atoms. The molecule has 0 atom stereocenters. The Kier molecular flexibility index (Phi) is 5.64. The average molecular weight is 178 g/mol. The van der Waals surface area contributed by atoms with Crippen LogP contribution in [0.3, 0.4) is 0 Å². The molecule has 0 radical (unpaired) electrons. The quantitative estimate of drug-likeness (QED) is 0.520. The van der Waals surface area contributed by atoms with Crippen molar-refractivity contribution in [3.8, 4) is 0 Å². The van der Waals surface area contributed by atoms with Crippen LogP contribution < -0.4 is 0 Å². The lowest BCUT2D eigenvalue weighted by atomic mass is 10.1. The van der Waals surface area contributed by atoms with Crippen LogP contribution in [0.15, 0.2) is 23.8 Å². The number of hydrogen-bond donors (Lipinski definition) is 0. The van der Waals surface area contributed by atoms with Crippen LogP contribution in [0.2, 0.25) is 0 Å². The van der Waals surface area contributed by atoms with E-state index >= 15 is 0 Å². The van der Waals surface area contributed by atoms with Gasteiger partial charge in [0.1, 0.15) is 0 Å². The molecular weight excluding hydrogens is 156 g/mol. The topological polar surface area (TPSA) is 0 Å². The lowest BCUT2D eigenvalue weighted by Gasteiger charge is -1.94. The van der Waals surface area contributed by atoms with Gasteiger partial charge in [-0.05, 0) is 32.1 Å². The molecule has 1 aliphatic carbocycles. The van der Waals surface area contributed by atoms with Crippen molar-refractivity contribution in [2.75, 3.05) is 0 Å². The predicted molar refractivity (Wildman–Crippen MR) is 59.8 cm³/mol. The van der Waals surface area contributed by atoms with Crippen LogP contribution in [0, 0.1) is 0 Å². The Bertz CT molecular complexity index is 174. The first-order valence-corrected chi connectivity index (χ1v) is 5.79. The van der Waals surface area contributed by atoms with Crippen LogP contribution in [0.5, 0.6) is 0 Å². The van der Waals surface area contributed by atoms with Crippen molar-refractivity contribution in [2.45, 2.75) is 58.3 Å². The lowest BCUT2D eigenvalue weighted by molar-refractivity contribution is 0.674. The minimum Gasteiger partial charge on any atom is -0.0843 e. The summed E-state index contributed by atoms with van der Waals surface area (Å²) in [7, 11) is 0. The normalized spacial score (nSPS) is 16.8. The van der Waals surface area contributed by atoms with Crippen molar-refractivity contribution >= 4 is 0 Å². The van der Waals surface area contributed by atoms with Gasteiger partial charge in [-0.15, -0.1) is 0 Å². The van der Waals surface area contributed by atoms with Gasteiger partial charge >= 0.3 is 0 Å². The Balaban J connectivity index is 1.98. The molecule has 0 aromatic rings. The summed E-state index contributed by atoms with van der Waals surface area (Å²) >= 11 is 0. The van der Waals surface area contributed by atoms with Gasteiger partial charge in [0.25, 0.3) is 0 Å². The molecule has 0 aliphatic heterocycles. The standard InChI is InChI=1S/C13H22/c1-2-3-4-5-6-7-10-13-11-8-9-12-13/h7,10-11H,2-6,8-9,12H2,1H3/b10-7+. The average Bonchev–Trinajstić information content (AvgIpc) is 2.63. The van der Waals surface area contributed by atoms with Gasteiger partial charge < -0.3 is 0 Å². The second kappa shape index (κ2) is 6.94. The Morgan fingerprint density at radius 1 is 1.31 bits per heavy atom. The van der Waals surface area contributed by atoms with E-state index in [1.807, 2.05) is 0 Å². The smallest absolute Gasteiger partial charge is 0.0279 e. The van der Waals surface area contributed by atoms with E-state index < -0.39 is 0 Å². The monoisotopic (exact) mass is 178 g/mol. The van der Waals surface area contributed by atoms with Gasteiger partial charge in [-0.2, -0.15) is 0 Å². The first kappa shape index (κ1) is 10.6. The summed E-state index contributed by atoms with van der Waals surface area (Å²) in [6, 6.07) is 0. The third kappa shape index (κ3) is 4.92. The second-order valence-electron chi connectivity index (χ2n) is 3.92. The van der Waals surface area contributed by atoms with Gasteiger partial charge in [0.05, 0.1) is 0 Å². The van der Waals surface area contributed by atoms with Crippen molar-refractivity contribution in [3.05, 3.63) is 23.8 Å². The van der Waals surface area contributed by atoms with E-state index in [9.17, 15) is 0 Å².